The molecule has 0 saturated carbocycles. The molecule has 2 fully saturated rings. The van der Waals surface area contributed by atoms with Gasteiger partial charge in [-0.1, -0.05) is 42.5 Å². The third-order valence-electron chi connectivity index (χ3n) is 4.34. The molecule has 3 rings (SSSR count). The van der Waals surface area contributed by atoms with E-state index < -0.39 is 0 Å². The summed E-state index contributed by atoms with van der Waals surface area (Å²) in [5.74, 6) is 0.183. The SMILES string of the molecule is C[C@H]1C(=O)N2CCC[C@H]2C(=O)N1CC=Cc1ccccc1.O=CO. The Balaban J connectivity index is 0.000000647. The number of carbonyl (C=O) groups is 3. The molecule has 128 valence electrons. The summed E-state index contributed by atoms with van der Waals surface area (Å²) in [6, 6.07) is 9.39. The molecular formula is C18H22N2O4. The predicted molar refractivity (Wildman–Crippen MR) is 90.1 cm³/mol. The second kappa shape index (κ2) is 8.29. The zero-order chi connectivity index (χ0) is 17.5. The van der Waals surface area contributed by atoms with Crippen LogP contribution in [-0.4, -0.2) is 58.4 Å². The van der Waals surface area contributed by atoms with E-state index in [1.54, 1.807) is 9.80 Å². The molecule has 1 aromatic carbocycles. The van der Waals surface area contributed by atoms with E-state index in [9.17, 15) is 9.59 Å². The molecule has 0 aliphatic carbocycles. The van der Waals surface area contributed by atoms with Crippen molar-refractivity contribution >= 4 is 24.4 Å². The van der Waals surface area contributed by atoms with Crippen molar-refractivity contribution in [2.24, 2.45) is 0 Å². The molecule has 2 atom stereocenters. The van der Waals surface area contributed by atoms with Crippen molar-refractivity contribution in [2.45, 2.75) is 31.8 Å². The lowest BCUT2D eigenvalue weighted by Gasteiger charge is -2.40. The maximum absolute atomic E-state index is 12.5. The van der Waals surface area contributed by atoms with Gasteiger partial charge in [-0.15, -0.1) is 0 Å². The van der Waals surface area contributed by atoms with Crippen molar-refractivity contribution in [1.82, 2.24) is 9.80 Å². The third kappa shape index (κ3) is 3.82. The summed E-state index contributed by atoms with van der Waals surface area (Å²) < 4.78 is 0. The van der Waals surface area contributed by atoms with E-state index in [1.165, 1.54) is 0 Å². The highest BCUT2D eigenvalue weighted by atomic mass is 16.3. The summed E-state index contributed by atoms with van der Waals surface area (Å²) in [6.45, 7) is 2.80. The smallest absolute Gasteiger partial charge is 0.290 e. The first-order chi connectivity index (χ1) is 11.6. The largest absolute Gasteiger partial charge is 0.483 e. The number of amides is 2. The molecule has 0 aromatic heterocycles. The normalized spacial score (nSPS) is 23.0. The quantitative estimate of drug-likeness (QED) is 0.854. The van der Waals surface area contributed by atoms with Crippen molar-refractivity contribution in [3.05, 3.63) is 42.0 Å². The molecular weight excluding hydrogens is 308 g/mol. The van der Waals surface area contributed by atoms with Gasteiger partial charge < -0.3 is 14.9 Å². The number of hydrogen-bond acceptors (Lipinski definition) is 3. The number of benzene rings is 1. The average Bonchev–Trinajstić information content (AvgIpc) is 3.08. The number of piperazine rings is 1. The standard InChI is InChI=1S/C17H20N2O2.CH2O2/c1-13-16(20)19-12-6-10-15(19)17(21)18(13)11-5-9-14-7-3-2-4-8-14;2-1-3/h2-5,7-9,13,15H,6,10-12H2,1H3;1H,(H,2,3)/t13-,15-;/m0./s1. The molecule has 1 N–H and O–H groups in total. The Kier molecular flexibility index (Phi) is 6.12. The van der Waals surface area contributed by atoms with Crippen molar-refractivity contribution in [3.8, 4) is 0 Å². The molecule has 6 heteroatoms. The highest BCUT2D eigenvalue weighted by Gasteiger charge is 2.45. The van der Waals surface area contributed by atoms with Gasteiger partial charge in [-0.05, 0) is 25.3 Å². The molecule has 2 amide bonds. The van der Waals surface area contributed by atoms with Gasteiger partial charge in [-0.3, -0.25) is 14.4 Å². The van der Waals surface area contributed by atoms with Crippen LogP contribution in [0.15, 0.2) is 36.4 Å². The van der Waals surface area contributed by atoms with E-state index in [2.05, 4.69) is 0 Å². The summed E-state index contributed by atoms with van der Waals surface area (Å²) in [7, 11) is 0. The molecule has 0 bridgehead atoms. The van der Waals surface area contributed by atoms with E-state index in [-0.39, 0.29) is 30.4 Å². The van der Waals surface area contributed by atoms with E-state index in [1.807, 2.05) is 49.4 Å². The first-order valence-corrected chi connectivity index (χ1v) is 8.00. The highest BCUT2D eigenvalue weighted by molar-refractivity contribution is 5.97. The first kappa shape index (κ1) is 17.7. The lowest BCUT2D eigenvalue weighted by Crippen LogP contribution is -2.61. The van der Waals surface area contributed by atoms with E-state index in [4.69, 9.17) is 9.90 Å². The average molecular weight is 330 g/mol. The van der Waals surface area contributed by atoms with Crippen molar-refractivity contribution in [2.75, 3.05) is 13.1 Å². The number of nitrogens with zero attached hydrogens (tertiary/aromatic N) is 2. The van der Waals surface area contributed by atoms with Gasteiger partial charge in [-0.25, -0.2) is 0 Å². The lowest BCUT2D eigenvalue weighted by atomic mass is 10.1. The van der Waals surface area contributed by atoms with Crippen LogP contribution in [0.2, 0.25) is 0 Å². The van der Waals surface area contributed by atoms with Crippen LogP contribution in [-0.2, 0) is 14.4 Å². The maximum atomic E-state index is 12.5. The topological polar surface area (TPSA) is 77.9 Å². The Morgan fingerprint density at radius 2 is 1.88 bits per heavy atom. The third-order valence-corrected chi connectivity index (χ3v) is 4.34. The summed E-state index contributed by atoms with van der Waals surface area (Å²) >= 11 is 0. The van der Waals surface area contributed by atoms with Gasteiger partial charge >= 0.3 is 0 Å². The Bertz CT molecular complexity index is 615. The number of carbonyl (C=O) groups excluding carboxylic acids is 2. The van der Waals surface area contributed by atoms with Crippen LogP contribution in [0.1, 0.15) is 25.3 Å². The van der Waals surface area contributed by atoms with Crippen LogP contribution >= 0.6 is 0 Å². The summed E-state index contributed by atoms with van der Waals surface area (Å²) in [5, 5.41) is 6.89. The van der Waals surface area contributed by atoms with Crippen molar-refractivity contribution < 1.29 is 19.5 Å². The molecule has 0 spiro atoms. The van der Waals surface area contributed by atoms with Crippen LogP contribution < -0.4 is 0 Å². The highest BCUT2D eigenvalue weighted by Crippen LogP contribution is 2.26. The van der Waals surface area contributed by atoms with Gasteiger partial charge in [0.2, 0.25) is 11.8 Å². The van der Waals surface area contributed by atoms with Crippen LogP contribution in [0.25, 0.3) is 6.08 Å². The molecule has 1 aromatic rings. The number of hydrogen-bond donors (Lipinski definition) is 1. The number of rotatable bonds is 3. The lowest BCUT2D eigenvalue weighted by molar-refractivity contribution is -0.157. The van der Waals surface area contributed by atoms with E-state index in [0.717, 1.165) is 24.9 Å². The Morgan fingerprint density at radius 3 is 2.54 bits per heavy atom. The molecule has 2 saturated heterocycles. The molecule has 2 aliphatic heterocycles. The summed E-state index contributed by atoms with van der Waals surface area (Å²) in [6.07, 6.45) is 5.69. The van der Waals surface area contributed by atoms with Crippen molar-refractivity contribution in [3.63, 3.8) is 0 Å². The second-order valence-electron chi connectivity index (χ2n) is 5.77. The van der Waals surface area contributed by atoms with Gasteiger partial charge in [0.1, 0.15) is 12.1 Å². The molecule has 0 unspecified atom stereocenters. The van der Waals surface area contributed by atoms with Crippen LogP contribution in [0, 0.1) is 0 Å². The van der Waals surface area contributed by atoms with Gasteiger partial charge in [0.05, 0.1) is 0 Å². The fourth-order valence-corrected chi connectivity index (χ4v) is 3.16. The van der Waals surface area contributed by atoms with Gasteiger partial charge in [0.15, 0.2) is 0 Å². The zero-order valence-electron chi connectivity index (χ0n) is 13.7. The van der Waals surface area contributed by atoms with Gasteiger partial charge in [0, 0.05) is 13.1 Å². The van der Waals surface area contributed by atoms with Crippen LogP contribution in [0.5, 0.6) is 0 Å². The Labute approximate surface area is 141 Å². The Hall–Kier alpha value is -2.63. The minimum atomic E-state index is -0.354. The van der Waals surface area contributed by atoms with Gasteiger partial charge in [-0.2, -0.15) is 0 Å². The molecule has 24 heavy (non-hydrogen) atoms. The van der Waals surface area contributed by atoms with E-state index in [0.29, 0.717) is 6.54 Å². The fourth-order valence-electron chi connectivity index (χ4n) is 3.16. The molecule has 2 aliphatic rings. The van der Waals surface area contributed by atoms with Gasteiger partial charge in [0.25, 0.3) is 6.47 Å². The Morgan fingerprint density at radius 1 is 1.21 bits per heavy atom. The van der Waals surface area contributed by atoms with Crippen LogP contribution in [0.3, 0.4) is 0 Å². The molecule has 6 nitrogen and oxygen atoms in total. The number of carboxylic acid groups (broad SMARTS) is 1. The van der Waals surface area contributed by atoms with E-state index >= 15 is 0 Å². The predicted octanol–water partition coefficient (Wildman–Crippen LogP) is 1.62. The molecule has 2 heterocycles. The van der Waals surface area contributed by atoms with Crippen LogP contribution in [0.4, 0.5) is 0 Å². The molecule has 0 radical (unpaired) electrons. The monoisotopic (exact) mass is 330 g/mol. The first-order valence-electron chi connectivity index (χ1n) is 8.00. The zero-order valence-corrected chi connectivity index (χ0v) is 13.7. The minimum Gasteiger partial charge on any atom is -0.483 e. The second-order valence-corrected chi connectivity index (χ2v) is 5.77. The fraction of sp³-hybridized carbons (Fsp3) is 0.389. The van der Waals surface area contributed by atoms with Crippen molar-refractivity contribution in [1.29, 1.82) is 0 Å². The summed E-state index contributed by atoms with van der Waals surface area (Å²) in [5.41, 5.74) is 1.10. The maximum Gasteiger partial charge on any atom is 0.290 e. The number of fused-ring (bicyclic) bond motifs is 1. The summed E-state index contributed by atoms with van der Waals surface area (Å²) in [4.78, 5) is 36.6. The minimum absolute atomic E-state index is 0.0882.